The first-order valence-electron chi connectivity index (χ1n) is 9.43. The molecule has 0 heterocycles. The highest BCUT2D eigenvalue weighted by molar-refractivity contribution is 6.06. The molecule has 30 heavy (non-hydrogen) atoms. The van der Waals surface area contributed by atoms with Crippen molar-refractivity contribution >= 4 is 23.2 Å². The number of anilines is 2. The molecular weight excluding hydrogens is 380 g/mol. The third-order valence-corrected chi connectivity index (χ3v) is 4.77. The molecule has 0 radical (unpaired) electrons. The number of hydrogen-bond acceptors (Lipinski definition) is 4. The van der Waals surface area contributed by atoms with Crippen LogP contribution in [-0.4, -0.2) is 26.0 Å². The lowest BCUT2D eigenvalue weighted by Gasteiger charge is -2.14. The SMILES string of the molecule is COc1ccc(C(=O)Nc2cc(C)c(NC(=O)c3ccc(OC)cc3)cc2C)cc1. The smallest absolute Gasteiger partial charge is 0.255 e. The number of methoxy groups -OCH3 is 2. The van der Waals surface area contributed by atoms with E-state index in [1.807, 2.05) is 26.0 Å². The molecule has 0 aromatic heterocycles. The molecule has 3 rings (SSSR count). The molecule has 6 heteroatoms. The number of benzene rings is 3. The summed E-state index contributed by atoms with van der Waals surface area (Å²) in [5.41, 5.74) is 4.13. The highest BCUT2D eigenvalue weighted by atomic mass is 16.5. The van der Waals surface area contributed by atoms with Gasteiger partial charge in [0.05, 0.1) is 14.2 Å². The van der Waals surface area contributed by atoms with E-state index in [1.54, 1.807) is 62.8 Å². The highest BCUT2D eigenvalue weighted by Gasteiger charge is 2.13. The van der Waals surface area contributed by atoms with E-state index < -0.39 is 0 Å². The van der Waals surface area contributed by atoms with Crippen LogP contribution in [0.1, 0.15) is 31.8 Å². The maximum absolute atomic E-state index is 12.5. The molecule has 0 aliphatic heterocycles. The number of nitrogens with one attached hydrogen (secondary N) is 2. The first-order chi connectivity index (χ1) is 14.4. The van der Waals surface area contributed by atoms with Gasteiger partial charge in [0.25, 0.3) is 11.8 Å². The highest BCUT2D eigenvalue weighted by Crippen LogP contribution is 2.26. The largest absolute Gasteiger partial charge is 0.497 e. The Morgan fingerprint density at radius 3 is 1.27 bits per heavy atom. The molecule has 154 valence electrons. The van der Waals surface area contributed by atoms with Crippen LogP contribution in [0.3, 0.4) is 0 Å². The van der Waals surface area contributed by atoms with Crippen molar-refractivity contribution in [3.8, 4) is 11.5 Å². The molecule has 0 spiro atoms. The van der Waals surface area contributed by atoms with Crippen molar-refractivity contribution in [2.45, 2.75) is 13.8 Å². The van der Waals surface area contributed by atoms with Crippen LogP contribution in [0, 0.1) is 13.8 Å². The van der Waals surface area contributed by atoms with Crippen LogP contribution in [0.5, 0.6) is 11.5 Å². The number of rotatable bonds is 6. The van der Waals surface area contributed by atoms with E-state index in [2.05, 4.69) is 10.6 Å². The van der Waals surface area contributed by atoms with Gasteiger partial charge in [0.15, 0.2) is 0 Å². The van der Waals surface area contributed by atoms with E-state index >= 15 is 0 Å². The van der Waals surface area contributed by atoms with Crippen LogP contribution in [0.25, 0.3) is 0 Å². The minimum Gasteiger partial charge on any atom is -0.497 e. The monoisotopic (exact) mass is 404 g/mol. The molecular formula is C24H24N2O4. The van der Waals surface area contributed by atoms with Crippen LogP contribution in [0.2, 0.25) is 0 Å². The molecule has 0 atom stereocenters. The lowest BCUT2D eigenvalue weighted by Crippen LogP contribution is -2.15. The number of carbonyl (C=O) groups is 2. The zero-order valence-corrected chi connectivity index (χ0v) is 17.4. The van der Waals surface area contributed by atoms with Gasteiger partial charge < -0.3 is 20.1 Å². The van der Waals surface area contributed by atoms with Gasteiger partial charge in [0.1, 0.15) is 11.5 Å². The molecule has 3 aromatic rings. The first-order valence-corrected chi connectivity index (χ1v) is 9.43. The van der Waals surface area contributed by atoms with Crippen molar-refractivity contribution < 1.29 is 19.1 Å². The molecule has 0 saturated carbocycles. The fraction of sp³-hybridized carbons (Fsp3) is 0.167. The van der Waals surface area contributed by atoms with Gasteiger partial charge in [-0.25, -0.2) is 0 Å². The summed E-state index contributed by atoms with van der Waals surface area (Å²) in [6.07, 6.45) is 0. The van der Waals surface area contributed by atoms with Crippen molar-refractivity contribution in [1.82, 2.24) is 0 Å². The molecule has 0 aliphatic rings. The van der Waals surface area contributed by atoms with Gasteiger partial charge in [-0.3, -0.25) is 9.59 Å². The van der Waals surface area contributed by atoms with Crippen molar-refractivity contribution in [3.63, 3.8) is 0 Å². The topological polar surface area (TPSA) is 76.7 Å². The number of amides is 2. The Bertz CT molecular complexity index is 971. The van der Waals surface area contributed by atoms with E-state index in [9.17, 15) is 9.59 Å². The predicted molar refractivity (Wildman–Crippen MR) is 118 cm³/mol. The second-order valence-corrected chi connectivity index (χ2v) is 6.85. The van der Waals surface area contributed by atoms with E-state index in [0.717, 1.165) is 11.1 Å². The second kappa shape index (κ2) is 9.13. The fourth-order valence-electron chi connectivity index (χ4n) is 2.96. The summed E-state index contributed by atoms with van der Waals surface area (Å²) in [7, 11) is 3.16. The van der Waals surface area contributed by atoms with Crippen molar-refractivity contribution in [3.05, 3.63) is 82.9 Å². The van der Waals surface area contributed by atoms with E-state index in [1.165, 1.54) is 0 Å². The number of carbonyl (C=O) groups excluding carboxylic acids is 2. The second-order valence-electron chi connectivity index (χ2n) is 6.85. The normalized spacial score (nSPS) is 10.3. The number of aryl methyl sites for hydroxylation is 2. The molecule has 0 saturated heterocycles. The Labute approximate surface area is 175 Å². The lowest BCUT2D eigenvalue weighted by molar-refractivity contribution is 0.101. The summed E-state index contributed by atoms with van der Waals surface area (Å²) in [5.74, 6) is 0.955. The van der Waals surface area contributed by atoms with E-state index in [4.69, 9.17) is 9.47 Å². The molecule has 2 N–H and O–H groups in total. The van der Waals surface area contributed by atoms with Crippen LogP contribution in [0.4, 0.5) is 11.4 Å². The molecule has 6 nitrogen and oxygen atoms in total. The minimum atomic E-state index is -0.213. The van der Waals surface area contributed by atoms with Crippen LogP contribution >= 0.6 is 0 Å². The standard InChI is InChI=1S/C24H24N2O4/c1-15-13-22(26-24(28)18-7-11-20(30-4)12-8-18)16(2)14-21(15)25-23(27)17-5-9-19(29-3)10-6-17/h5-14H,1-4H3,(H,25,27)(H,26,28). The first kappa shape index (κ1) is 20.9. The van der Waals surface area contributed by atoms with Gasteiger partial charge in [-0.2, -0.15) is 0 Å². The minimum absolute atomic E-state index is 0.213. The Balaban J connectivity index is 1.73. The average molecular weight is 404 g/mol. The zero-order valence-electron chi connectivity index (χ0n) is 17.4. The van der Waals surface area contributed by atoms with Gasteiger partial charge in [0.2, 0.25) is 0 Å². The summed E-state index contributed by atoms with van der Waals surface area (Å²) in [6, 6.07) is 17.5. The molecule has 2 amide bonds. The summed E-state index contributed by atoms with van der Waals surface area (Å²) in [4.78, 5) is 25.1. The average Bonchev–Trinajstić information content (AvgIpc) is 2.77. The Hall–Kier alpha value is -3.80. The summed E-state index contributed by atoms with van der Waals surface area (Å²) in [6.45, 7) is 3.76. The fourth-order valence-corrected chi connectivity index (χ4v) is 2.96. The zero-order chi connectivity index (χ0) is 21.7. The molecule has 3 aromatic carbocycles. The van der Waals surface area contributed by atoms with Crippen molar-refractivity contribution in [2.75, 3.05) is 24.9 Å². The molecule has 0 bridgehead atoms. The van der Waals surface area contributed by atoms with Crippen LogP contribution in [-0.2, 0) is 0 Å². The van der Waals surface area contributed by atoms with Gasteiger partial charge in [-0.05, 0) is 85.6 Å². The van der Waals surface area contributed by atoms with Crippen molar-refractivity contribution in [1.29, 1.82) is 0 Å². The van der Waals surface area contributed by atoms with E-state index in [0.29, 0.717) is 34.0 Å². The van der Waals surface area contributed by atoms with Crippen LogP contribution in [0.15, 0.2) is 60.7 Å². The van der Waals surface area contributed by atoms with Gasteiger partial charge in [-0.15, -0.1) is 0 Å². The Morgan fingerprint density at radius 2 is 0.967 bits per heavy atom. The molecule has 0 aliphatic carbocycles. The van der Waals surface area contributed by atoms with Crippen LogP contribution < -0.4 is 20.1 Å². The van der Waals surface area contributed by atoms with E-state index in [-0.39, 0.29) is 11.8 Å². The lowest BCUT2D eigenvalue weighted by atomic mass is 10.1. The number of hydrogen-bond donors (Lipinski definition) is 2. The molecule has 0 unspecified atom stereocenters. The third kappa shape index (κ3) is 4.78. The Morgan fingerprint density at radius 1 is 0.633 bits per heavy atom. The number of ether oxygens (including phenoxy) is 2. The predicted octanol–water partition coefficient (Wildman–Crippen LogP) is 4.83. The Kier molecular flexibility index (Phi) is 6.37. The third-order valence-electron chi connectivity index (χ3n) is 4.77. The quantitative estimate of drug-likeness (QED) is 0.617. The maximum atomic E-state index is 12.5. The summed E-state index contributed by atoms with van der Waals surface area (Å²) >= 11 is 0. The van der Waals surface area contributed by atoms with Gasteiger partial charge in [0, 0.05) is 22.5 Å². The molecule has 0 fully saturated rings. The van der Waals surface area contributed by atoms with Gasteiger partial charge in [-0.1, -0.05) is 0 Å². The van der Waals surface area contributed by atoms with Crippen molar-refractivity contribution in [2.24, 2.45) is 0 Å². The van der Waals surface area contributed by atoms with Gasteiger partial charge >= 0.3 is 0 Å². The summed E-state index contributed by atoms with van der Waals surface area (Å²) in [5, 5.41) is 5.85. The maximum Gasteiger partial charge on any atom is 0.255 e. The summed E-state index contributed by atoms with van der Waals surface area (Å²) < 4.78 is 10.2.